The predicted octanol–water partition coefficient (Wildman–Crippen LogP) is 10.5. The highest BCUT2D eigenvalue weighted by Crippen LogP contribution is 2.25. The van der Waals surface area contributed by atoms with Crippen LogP contribution in [0.5, 0.6) is 0 Å². The number of aryl methyl sites for hydroxylation is 2. The zero-order chi connectivity index (χ0) is 30.7. The molecule has 216 valence electrons. The molecule has 0 aliphatic rings. The molecule has 0 unspecified atom stereocenters. The van der Waals surface area contributed by atoms with Crippen molar-refractivity contribution in [2.75, 3.05) is 0 Å². The van der Waals surface area contributed by atoms with Gasteiger partial charge in [0.1, 0.15) is 8.07 Å². The van der Waals surface area contributed by atoms with E-state index in [1.54, 1.807) is 22.7 Å². The van der Waals surface area contributed by atoms with Crippen molar-refractivity contribution in [3.05, 3.63) is 112 Å². The predicted molar refractivity (Wildman–Crippen MR) is 200 cm³/mol. The first-order valence-corrected chi connectivity index (χ1v) is 21.1. The van der Waals surface area contributed by atoms with E-state index < -0.39 is 8.07 Å². The van der Waals surface area contributed by atoms with Gasteiger partial charge in [-0.05, 0) is 120 Å². The molecule has 2 aromatic carbocycles. The molecule has 4 rings (SSSR count). The van der Waals surface area contributed by atoms with E-state index in [1.165, 1.54) is 32.4 Å². The Morgan fingerprint density at radius 1 is 0.581 bits per heavy atom. The second-order valence-corrected chi connectivity index (χ2v) is 19.6. The maximum absolute atomic E-state index is 3.53. The molecule has 0 aliphatic heterocycles. The Kier molecular flexibility index (Phi) is 12.4. The molecule has 0 atom stereocenters. The first kappa shape index (κ1) is 32.9. The molecule has 0 bridgehead atoms. The van der Waals surface area contributed by atoms with Crippen LogP contribution in [0.1, 0.15) is 86.9 Å². The van der Waals surface area contributed by atoms with Gasteiger partial charge in [0, 0.05) is 20.3 Å². The summed E-state index contributed by atoms with van der Waals surface area (Å²) in [6.07, 6.45) is 6.78. The van der Waals surface area contributed by atoms with Crippen LogP contribution in [0.4, 0.5) is 0 Å². The Morgan fingerprint density at radius 2 is 1.00 bits per heavy atom. The maximum Gasteiger partial charge on any atom is 0.129 e. The standard InChI is InChI=1S/C39H37IS2Si/c1-6-8-10-33-28-36(24-19-32-16-21-35(40)22-17-32)41-38(33)25-20-31-14-12-30(13-15-31)18-23-37-29-34(11-9-7-2)39(42-37)26-27-43(3,4)5/h12-17,21-22,28-29H,6-11H2,1-5H3. The molecule has 2 heterocycles. The minimum Gasteiger partial charge on any atom is -0.126 e. The number of benzene rings is 2. The molecule has 0 aliphatic carbocycles. The molecule has 2 aromatic heterocycles. The van der Waals surface area contributed by atoms with Crippen molar-refractivity contribution < 1.29 is 0 Å². The monoisotopic (exact) mass is 724 g/mol. The quantitative estimate of drug-likeness (QED) is 0.106. The summed E-state index contributed by atoms with van der Waals surface area (Å²) in [6, 6.07) is 21.1. The van der Waals surface area contributed by atoms with Crippen LogP contribution in [0.2, 0.25) is 19.6 Å². The molecule has 0 N–H and O–H groups in total. The third-order valence-corrected chi connectivity index (χ3v) is 10.1. The van der Waals surface area contributed by atoms with Crippen molar-refractivity contribution in [1.82, 2.24) is 0 Å². The summed E-state index contributed by atoms with van der Waals surface area (Å²) in [7, 11) is -1.42. The Bertz CT molecular complexity index is 1780. The minimum atomic E-state index is -1.42. The highest BCUT2D eigenvalue weighted by molar-refractivity contribution is 14.1. The Balaban J connectivity index is 1.51. The van der Waals surface area contributed by atoms with E-state index in [0.717, 1.165) is 57.0 Å². The molecule has 0 amide bonds. The fourth-order valence-electron chi connectivity index (χ4n) is 4.11. The van der Waals surface area contributed by atoms with E-state index in [-0.39, 0.29) is 0 Å². The van der Waals surface area contributed by atoms with Crippen molar-refractivity contribution in [2.24, 2.45) is 0 Å². The zero-order valence-corrected chi connectivity index (χ0v) is 30.5. The van der Waals surface area contributed by atoms with Gasteiger partial charge in [0.25, 0.3) is 0 Å². The average molecular weight is 725 g/mol. The molecule has 0 nitrogen and oxygen atoms in total. The van der Waals surface area contributed by atoms with E-state index in [2.05, 4.69) is 164 Å². The van der Waals surface area contributed by atoms with E-state index in [0.29, 0.717) is 0 Å². The van der Waals surface area contributed by atoms with E-state index in [4.69, 9.17) is 0 Å². The summed E-state index contributed by atoms with van der Waals surface area (Å²) in [5, 5.41) is 0. The molecular weight excluding hydrogens is 688 g/mol. The van der Waals surface area contributed by atoms with Crippen molar-refractivity contribution >= 4 is 53.3 Å². The summed E-state index contributed by atoms with van der Waals surface area (Å²) in [4.78, 5) is 4.48. The highest BCUT2D eigenvalue weighted by atomic mass is 127. The summed E-state index contributed by atoms with van der Waals surface area (Å²) in [6.45, 7) is 11.3. The first-order valence-electron chi connectivity index (χ1n) is 14.9. The third-order valence-electron chi connectivity index (χ3n) is 6.48. The normalized spacial score (nSPS) is 10.4. The molecule has 4 heteroatoms. The van der Waals surface area contributed by atoms with Crippen molar-refractivity contribution in [1.29, 1.82) is 0 Å². The van der Waals surface area contributed by atoms with Crippen LogP contribution in [0, 0.1) is 50.6 Å². The smallest absolute Gasteiger partial charge is 0.126 e. The van der Waals surface area contributed by atoms with E-state index in [1.807, 2.05) is 0 Å². The SMILES string of the molecule is CCCCc1cc(C#Cc2ccc(I)cc2)sc1C#Cc1ccc(C#Cc2cc(CCCC)c(C#C[Si](C)(C)C)s2)cc1. The van der Waals surface area contributed by atoms with Crippen molar-refractivity contribution in [3.63, 3.8) is 0 Å². The van der Waals surface area contributed by atoms with Gasteiger partial charge in [-0.2, -0.15) is 0 Å². The summed E-state index contributed by atoms with van der Waals surface area (Å²) in [5.41, 5.74) is 9.21. The fourth-order valence-corrected chi connectivity index (χ4v) is 6.89. The highest BCUT2D eigenvalue weighted by Gasteiger charge is 2.10. The Morgan fingerprint density at radius 3 is 1.44 bits per heavy atom. The van der Waals surface area contributed by atoms with Gasteiger partial charge in [-0.15, -0.1) is 28.2 Å². The minimum absolute atomic E-state index is 0.994. The molecular formula is C39H37IS2Si. The number of unbranched alkanes of at least 4 members (excludes halogenated alkanes) is 2. The number of hydrogen-bond acceptors (Lipinski definition) is 2. The van der Waals surface area contributed by atoms with Crippen molar-refractivity contribution in [2.45, 2.75) is 72.0 Å². The van der Waals surface area contributed by atoms with Gasteiger partial charge in [-0.3, -0.25) is 0 Å². The topological polar surface area (TPSA) is 0 Å². The van der Waals surface area contributed by atoms with Gasteiger partial charge in [0.2, 0.25) is 0 Å². The van der Waals surface area contributed by atoms with E-state index in [9.17, 15) is 0 Å². The molecule has 43 heavy (non-hydrogen) atoms. The largest absolute Gasteiger partial charge is 0.129 e. The lowest BCUT2D eigenvalue weighted by atomic mass is 10.1. The second-order valence-electron chi connectivity index (χ2n) is 11.5. The van der Waals surface area contributed by atoms with E-state index >= 15 is 0 Å². The average Bonchev–Trinajstić information content (AvgIpc) is 3.58. The number of hydrogen-bond donors (Lipinski definition) is 0. The number of thiophene rings is 2. The molecule has 4 aromatic rings. The molecule has 0 saturated heterocycles. The van der Waals surface area contributed by atoms with Crippen LogP contribution < -0.4 is 0 Å². The van der Waals surface area contributed by atoms with Crippen LogP contribution >= 0.6 is 45.3 Å². The molecule has 0 spiro atoms. The Labute approximate surface area is 281 Å². The Hall–Kier alpha value is -2.97. The third kappa shape index (κ3) is 10.9. The number of halogens is 1. The van der Waals surface area contributed by atoms with Crippen LogP contribution in [-0.4, -0.2) is 8.07 Å². The van der Waals surface area contributed by atoms with Crippen molar-refractivity contribution in [3.8, 4) is 47.0 Å². The van der Waals surface area contributed by atoms with Crippen LogP contribution in [0.3, 0.4) is 0 Å². The molecule has 0 fully saturated rings. The number of rotatable bonds is 6. The van der Waals surface area contributed by atoms with Crippen LogP contribution in [0.25, 0.3) is 0 Å². The van der Waals surface area contributed by atoms with Gasteiger partial charge in [-0.25, -0.2) is 0 Å². The van der Waals surface area contributed by atoms with Gasteiger partial charge in [0.05, 0.1) is 19.5 Å². The second kappa shape index (κ2) is 16.2. The first-order chi connectivity index (χ1) is 20.7. The van der Waals surface area contributed by atoms with Gasteiger partial charge in [-0.1, -0.05) is 87.8 Å². The lowest BCUT2D eigenvalue weighted by Crippen LogP contribution is -2.16. The summed E-state index contributed by atoms with van der Waals surface area (Å²) >= 11 is 5.75. The molecule has 0 radical (unpaired) electrons. The zero-order valence-electron chi connectivity index (χ0n) is 25.7. The maximum atomic E-state index is 3.53. The summed E-state index contributed by atoms with van der Waals surface area (Å²) in [5.74, 6) is 23.7. The lowest BCUT2D eigenvalue weighted by Gasteiger charge is -2.03. The van der Waals surface area contributed by atoms with Gasteiger partial charge >= 0.3 is 0 Å². The lowest BCUT2D eigenvalue weighted by molar-refractivity contribution is 0.796. The molecule has 0 saturated carbocycles. The fraction of sp³-hybridized carbons (Fsp3) is 0.282. The van der Waals surface area contributed by atoms with Gasteiger partial charge < -0.3 is 0 Å². The van der Waals surface area contributed by atoms with Gasteiger partial charge in [0.15, 0.2) is 0 Å². The van der Waals surface area contributed by atoms with Crippen LogP contribution in [0.15, 0.2) is 60.7 Å². The summed E-state index contributed by atoms with van der Waals surface area (Å²) < 4.78 is 1.22. The van der Waals surface area contributed by atoms with Crippen LogP contribution in [-0.2, 0) is 12.8 Å².